The first kappa shape index (κ1) is 15.6. The number of aromatic nitrogens is 2. The standard InChI is InChI=1S/C16H22N4OS2/c1-20-6-5-11-12(9-20)23-15-13(11)14(18-16(19-15)22-2)17-8-10-4-3-7-21-10/h10H,3-9H2,1-2H3,(H,17,18,19)/t10-/m1/s1. The number of nitrogens with one attached hydrogen (secondary N) is 1. The van der Waals surface area contributed by atoms with E-state index in [1.54, 1.807) is 11.8 Å². The number of likely N-dealkylation sites (N-methyl/N-ethyl adjacent to an activating group) is 1. The van der Waals surface area contributed by atoms with Crippen molar-refractivity contribution in [2.24, 2.45) is 0 Å². The fourth-order valence-corrected chi connectivity index (χ4v) is 5.06. The van der Waals surface area contributed by atoms with Crippen molar-refractivity contribution in [2.75, 3.05) is 38.3 Å². The number of thioether (sulfide) groups is 1. The summed E-state index contributed by atoms with van der Waals surface area (Å²) in [5.74, 6) is 0.997. The van der Waals surface area contributed by atoms with E-state index >= 15 is 0 Å². The van der Waals surface area contributed by atoms with E-state index in [1.165, 1.54) is 22.2 Å². The smallest absolute Gasteiger partial charge is 0.190 e. The molecular formula is C16H22N4OS2. The summed E-state index contributed by atoms with van der Waals surface area (Å²) in [6.07, 6.45) is 5.75. The van der Waals surface area contributed by atoms with E-state index in [0.29, 0.717) is 6.10 Å². The highest BCUT2D eigenvalue weighted by Crippen LogP contribution is 2.38. The van der Waals surface area contributed by atoms with Crippen LogP contribution in [0.4, 0.5) is 5.82 Å². The van der Waals surface area contributed by atoms with Crippen LogP contribution in [0.2, 0.25) is 0 Å². The molecule has 7 heteroatoms. The Bertz CT molecular complexity index is 712. The average molecular weight is 351 g/mol. The third-order valence-corrected chi connectivity index (χ3v) is 6.23. The Balaban J connectivity index is 1.71. The van der Waals surface area contributed by atoms with Crippen LogP contribution in [0.5, 0.6) is 0 Å². The van der Waals surface area contributed by atoms with E-state index in [0.717, 1.165) is 54.9 Å². The number of ether oxygens (including phenoxy) is 1. The maximum absolute atomic E-state index is 5.74. The third kappa shape index (κ3) is 3.07. The maximum Gasteiger partial charge on any atom is 0.190 e. The van der Waals surface area contributed by atoms with Crippen molar-refractivity contribution in [3.63, 3.8) is 0 Å². The second-order valence-corrected chi connectivity index (χ2v) is 8.10. The SMILES string of the molecule is CSc1nc(NC[C@H]2CCCO2)c2c3c(sc2n1)CN(C)CC3. The lowest BCUT2D eigenvalue weighted by atomic mass is 10.1. The fourth-order valence-electron chi connectivity index (χ4n) is 3.34. The first-order chi connectivity index (χ1) is 11.2. The molecule has 5 nitrogen and oxygen atoms in total. The quantitative estimate of drug-likeness (QED) is 0.676. The molecule has 2 aromatic heterocycles. The zero-order valence-corrected chi connectivity index (χ0v) is 15.2. The maximum atomic E-state index is 5.74. The van der Waals surface area contributed by atoms with Gasteiger partial charge in [0.05, 0.1) is 11.5 Å². The molecule has 0 radical (unpaired) electrons. The first-order valence-corrected chi connectivity index (χ1v) is 10.2. The molecule has 4 heterocycles. The molecule has 0 spiro atoms. The molecule has 0 bridgehead atoms. The molecule has 0 amide bonds. The van der Waals surface area contributed by atoms with Gasteiger partial charge in [-0.2, -0.15) is 0 Å². The highest BCUT2D eigenvalue weighted by molar-refractivity contribution is 7.98. The van der Waals surface area contributed by atoms with Gasteiger partial charge in [0.25, 0.3) is 0 Å². The van der Waals surface area contributed by atoms with Gasteiger partial charge in [0.2, 0.25) is 0 Å². The molecule has 2 aliphatic rings. The van der Waals surface area contributed by atoms with E-state index in [2.05, 4.69) is 17.3 Å². The van der Waals surface area contributed by atoms with Gasteiger partial charge in [-0.25, -0.2) is 9.97 Å². The molecule has 1 fully saturated rings. The van der Waals surface area contributed by atoms with Crippen LogP contribution in [0.1, 0.15) is 23.3 Å². The lowest BCUT2D eigenvalue weighted by Crippen LogP contribution is -2.25. The van der Waals surface area contributed by atoms with Gasteiger partial charge < -0.3 is 15.0 Å². The third-order valence-electron chi connectivity index (χ3n) is 4.57. The molecule has 1 saturated heterocycles. The van der Waals surface area contributed by atoms with E-state index in [9.17, 15) is 0 Å². The minimum Gasteiger partial charge on any atom is -0.376 e. The van der Waals surface area contributed by atoms with Crippen molar-refractivity contribution in [2.45, 2.75) is 37.1 Å². The van der Waals surface area contributed by atoms with Gasteiger partial charge in [-0.15, -0.1) is 11.3 Å². The summed E-state index contributed by atoms with van der Waals surface area (Å²) in [5, 5.41) is 5.65. The van der Waals surface area contributed by atoms with Crippen molar-refractivity contribution in [3.05, 3.63) is 10.4 Å². The minimum absolute atomic E-state index is 0.318. The largest absolute Gasteiger partial charge is 0.376 e. The zero-order chi connectivity index (χ0) is 15.8. The Morgan fingerprint density at radius 2 is 2.35 bits per heavy atom. The summed E-state index contributed by atoms with van der Waals surface area (Å²) >= 11 is 3.43. The normalized spacial score (nSPS) is 21.7. The molecule has 2 aliphatic heterocycles. The molecule has 124 valence electrons. The Labute approximate surface area is 144 Å². The van der Waals surface area contributed by atoms with E-state index in [1.807, 2.05) is 17.6 Å². The van der Waals surface area contributed by atoms with Crippen molar-refractivity contribution in [1.29, 1.82) is 0 Å². The lowest BCUT2D eigenvalue weighted by Gasteiger charge is -2.22. The molecule has 1 atom stereocenters. The Morgan fingerprint density at radius 1 is 1.43 bits per heavy atom. The number of anilines is 1. The monoisotopic (exact) mass is 350 g/mol. The van der Waals surface area contributed by atoms with Gasteiger partial charge in [0.1, 0.15) is 10.6 Å². The number of rotatable bonds is 4. The summed E-state index contributed by atoms with van der Waals surface area (Å²) in [7, 11) is 2.18. The summed E-state index contributed by atoms with van der Waals surface area (Å²) < 4.78 is 5.74. The van der Waals surface area contributed by atoms with Gasteiger partial charge >= 0.3 is 0 Å². The van der Waals surface area contributed by atoms with Gasteiger partial charge in [-0.1, -0.05) is 11.8 Å². The van der Waals surface area contributed by atoms with Crippen LogP contribution >= 0.6 is 23.1 Å². The van der Waals surface area contributed by atoms with Crippen LogP contribution in [0.3, 0.4) is 0 Å². The van der Waals surface area contributed by atoms with Crippen LogP contribution < -0.4 is 5.32 Å². The molecule has 2 aromatic rings. The number of thiophene rings is 1. The van der Waals surface area contributed by atoms with Crippen LogP contribution in [0.15, 0.2) is 5.16 Å². The molecule has 0 aromatic carbocycles. The predicted molar refractivity (Wildman–Crippen MR) is 96.7 cm³/mol. The van der Waals surface area contributed by atoms with Gasteiger partial charge in [-0.3, -0.25) is 0 Å². The van der Waals surface area contributed by atoms with E-state index < -0.39 is 0 Å². The van der Waals surface area contributed by atoms with Crippen LogP contribution in [-0.4, -0.2) is 54.0 Å². The van der Waals surface area contributed by atoms with Gasteiger partial charge in [0, 0.05) is 31.1 Å². The summed E-state index contributed by atoms with van der Waals surface area (Å²) in [6, 6.07) is 0. The predicted octanol–water partition coefficient (Wildman–Crippen LogP) is 2.99. The van der Waals surface area contributed by atoms with E-state index in [-0.39, 0.29) is 0 Å². The summed E-state index contributed by atoms with van der Waals surface area (Å²) in [4.78, 5) is 14.4. The Morgan fingerprint density at radius 3 is 3.13 bits per heavy atom. The lowest BCUT2D eigenvalue weighted by molar-refractivity contribution is 0.120. The topological polar surface area (TPSA) is 50.3 Å². The minimum atomic E-state index is 0.318. The summed E-state index contributed by atoms with van der Waals surface area (Å²) in [6.45, 7) is 3.86. The zero-order valence-electron chi connectivity index (χ0n) is 13.6. The number of fused-ring (bicyclic) bond motifs is 3. The van der Waals surface area contributed by atoms with Crippen molar-refractivity contribution < 1.29 is 4.74 Å². The first-order valence-electron chi connectivity index (χ1n) is 8.15. The molecular weight excluding hydrogens is 328 g/mol. The van der Waals surface area contributed by atoms with Crippen molar-refractivity contribution >= 4 is 39.1 Å². The van der Waals surface area contributed by atoms with Crippen LogP contribution in [0.25, 0.3) is 10.2 Å². The fraction of sp³-hybridized carbons (Fsp3) is 0.625. The highest BCUT2D eigenvalue weighted by atomic mass is 32.2. The molecule has 0 aliphatic carbocycles. The highest BCUT2D eigenvalue weighted by Gasteiger charge is 2.24. The number of nitrogens with zero attached hydrogens (tertiary/aromatic N) is 3. The average Bonchev–Trinajstić information content (AvgIpc) is 3.18. The van der Waals surface area contributed by atoms with Crippen LogP contribution in [-0.2, 0) is 17.7 Å². The summed E-state index contributed by atoms with van der Waals surface area (Å²) in [5.41, 5.74) is 1.45. The molecule has 23 heavy (non-hydrogen) atoms. The molecule has 0 unspecified atom stereocenters. The van der Waals surface area contributed by atoms with Gasteiger partial charge in [0.15, 0.2) is 5.16 Å². The number of hydrogen-bond acceptors (Lipinski definition) is 7. The Hall–Kier alpha value is -0.890. The Kier molecular flexibility index (Phi) is 4.45. The second kappa shape index (κ2) is 6.55. The molecule has 0 saturated carbocycles. The van der Waals surface area contributed by atoms with Gasteiger partial charge in [-0.05, 0) is 38.1 Å². The van der Waals surface area contributed by atoms with E-state index in [4.69, 9.17) is 14.7 Å². The molecule has 1 N–H and O–H groups in total. The van der Waals surface area contributed by atoms with Crippen LogP contribution in [0, 0.1) is 0 Å². The second-order valence-electron chi connectivity index (χ2n) is 6.25. The number of hydrogen-bond donors (Lipinski definition) is 1. The van der Waals surface area contributed by atoms with Crippen molar-refractivity contribution in [1.82, 2.24) is 14.9 Å². The molecule has 4 rings (SSSR count). The van der Waals surface area contributed by atoms with Crippen molar-refractivity contribution in [3.8, 4) is 0 Å².